The van der Waals surface area contributed by atoms with E-state index >= 15 is 0 Å². The van der Waals surface area contributed by atoms with Gasteiger partial charge in [0.2, 0.25) is 6.41 Å². The molecule has 1 N–H and O–H groups in total. The summed E-state index contributed by atoms with van der Waals surface area (Å²) in [6, 6.07) is 4.98. The van der Waals surface area contributed by atoms with E-state index in [0.29, 0.717) is 25.1 Å². The zero-order valence-corrected chi connectivity index (χ0v) is 6.96. The number of halogens is 1. The quantitative estimate of drug-likeness (QED) is 0.683. The molecule has 1 aliphatic heterocycles. The molecule has 13 heavy (non-hydrogen) atoms. The van der Waals surface area contributed by atoms with Crippen molar-refractivity contribution in [2.75, 3.05) is 0 Å². The molecule has 0 aromatic heterocycles. The zero-order valence-electron chi connectivity index (χ0n) is 6.96. The van der Waals surface area contributed by atoms with Gasteiger partial charge in [0, 0.05) is 18.7 Å². The Kier molecular flexibility index (Phi) is 1.98. The molecular weight excluding hydrogens is 171 g/mol. The molecular formula is C9H9FN2O. The molecule has 1 amide bonds. The van der Waals surface area contributed by atoms with Crippen LogP contribution in [0.1, 0.15) is 11.1 Å². The molecule has 1 aliphatic rings. The van der Waals surface area contributed by atoms with Gasteiger partial charge in [-0.3, -0.25) is 10.2 Å². The van der Waals surface area contributed by atoms with E-state index in [9.17, 15) is 9.18 Å². The second-order valence-corrected chi connectivity index (χ2v) is 2.98. The molecule has 0 atom stereocenters. The lowest BCUT2D eigenvalue weighted by Gasteiger charge is -2.11. The molecule has 68 valence electrons. The summed E-state index contributed by atoms with van der Waals surface area (Å²) in [4.78, 5) is 10.2. The monoisotopic (exact) mass is 180 g/mol. The van der Waals surface area contributed by atoms with Crippen LogP contribution in [0.3, 0.4) is 0 Å². The normalized spacial score (nSPS) is 15.5. The summed E-state index contributed by atoms with van der Waals surface area (Å²) in [5.74, 6) is -0.201. The first-order chi connectivity index (χ1) is 6.31. The average Bonchev–Trinajstić information content (AvgIpc) is 2.49. The Balaban J connectivity index is 2.24. The van der Waals surface area contributed by atoms with Crippen LogP contribution in [-0.2, 0) is 17.9 Å². The van der Waals surface area contributed by atoms with Gasteiger partial charge in [-0.2, -0.15) is 0 Å². The van der Waals surface area contributed by atoms with Crippen molar-refractivity contribution in [2.24, 2.45) is 0 Å². The highest BCUT2D eigenvalue weighted by Crippen LogP contribution is 2.22. The van der Waals surface area contributed by atoms with Gasteiger partial charge in [-0.25, -0.2) is 9.40 Å². The van der Waals surface area contributed by atoms with Crippen LogP contribution in [-0.4, -0.2) is 11.4 Å². The summed E-state index contributed by atoms with van der Waals surface area (Å²) in [5.41, 5.74) is 4.12. The fraction of sp³-hybridized carbons (Fsp3) is 0.222. The Hall–Kier alpha value is -1.42. The van der Waals surface area contributed by atoms with Gasteiger partial charge in [0.05, 0.1) is 0 Å². The number of nitrogens with zero attached hydrogens (tertiary/aromatic N) is 1. The van der Waals surface area contributed by atoms with Crippen LogP contribution in [0.4, 0.5) is 4.39 Å². The maximum absolute atomic E-state index is 13.2. The number of hydrogen-bond donors (Lipinski definition) is 1. The molecule has 4 heteroatoms. The molecule has 1 aromatic rings. The van der Waals surface area contributed by atoms with Gasteiger partial charge in [-0.15, -0.1) is 0 Å². The van der Waals surface area contributed by atoms with Crippen LogP contribution in [0.15, 0.2) is 18.2 Å². The molecule has 2 rings (SSSR count). The number of amides is 1. The first-order valence-corrected chi connectivity index (χ1v) is 4.02. The highest BCUT2D eigenvalue weighted by molar-refractivity contribution is 5.45. The molecule has 0 spiro atoms. The van der Waals surface area contributed by atoms with Gasteiger partial charge in [0.25, 0.3) is 0 Å². The van der Waals surface area contributed by atoms with E-state index in [4.69, 9.17) is 0 Å². The van der Waals surface area contributed by atoms with E-state index in [0.717, 1.165) is 5.56 Å². The van der Waals surface area contributed by atoms with E-state index in [1.54, 1.807) is 11.1 Å². The minimum atomic E-state index is -0.201. The van der Waals surface area contributed by atoms with Crippen LogP contribution in [0.25, 0.3) is 0 Å². The average molecular weight is 180 g/mol. The first kappa shape index (κ1) is 8.19. The van der Waals surface area contributed by atoms with Crippen LogP contribution >= 0.6 is 0 Å². The van der Waals surface area contributed by atoms with E-state index < -0.39 is 0 Å². The SMILES string of the molecule is O=CNN1Cc2cccc(F)c2C1. The van der Waals surface area contributed by atoms with Gasteiger partial charge >= 0.3 is 0 Å². The molecule has 0 saturated carbocycles. The van der Waals surface area contributed by atoms with E-state index in [2.05, 4.69) is 5.43 Å². The molecule has 0 fully saturated rings. The Bertz CT molecular complexity index is 340. The van der Waals surface area contributed by atoms with Gasteiger partial charge in [-0.1, -0.05) is 12.1 Å². The second-order valence-electron chi connectivity index (χ2n) is 2.98. The number of hydrazine groups is 1. The van der Waals surface area contributed by atoms with Gasteiger partial charge in [0.15, 0.2) is 0 Å². The van der Waals surface area contributed by atoms with Crippen molar-refractivity contribution in [3.05, 3.63) is 35.1 Å². The fourth-order valence-corrected chi connectivity index (χ4v) is 1.55. The molecule has 0 saturated heterocycles. The van der Waals surface area contributed by atoms with Crippen molar-refractivity contribution < 1.29 is 9.18 Å². The topological polar surface area (TPSA) is 32.3 Å². The smallest absolute Gasteiger partial charge is 0.221 e. The summed E-state index contributed by atoms with van der Waals surface area (Å²) < 4.78 is 13.2. The van der Waals surface area contributed by atoms with Gasteiger partial charge in [0.1, 0.15) is 5.82 Å². The van der Waals surface area contributed by atoms with Crippen molar-refractivity contribution in [3.63, 3.8) is 0 Å². The van der Waals surface area contributed by atoms with Crippen LogP contribution in [0, 0.1) is 5.82 Å². The lowest BCUT2D eigenvalue weighted by Crippen LogP contribution is -2.31. The van der Waals surface area contributed by atoms with Crippen molar-refractivity contribution in [1.82, 2.24) is 10.4 Å². The number of rotatable bonds is 2. The van der Waals surface area contributed by atoms with Crippen molar-refractivity contribution in [2.45, 2.75) is 13.1 Å². The van der Waals surface area contributed by atoms with E-state index in [-0.39, 0.29) is 5.82 Å². The maximum atomic E-state index is 13.2. The van der Waals surface area contributed by atoms with Crippen molar-refractivity contribution in [1.29, 1.82) is 0 Å². The standard InChI is InChI=1S/C9H9FN2O/c10-9-3-1-2-7-4-12(11-6-13)5-8(7)9/h1-3,6H,4-5H2,(H,11,13). The minimum Gasteiger partial charge on any atom is -0.291 e. The van der Waals surface area contributed by atoms with Crippen LogP contribution in [0.5, 0.6) is 0 Å². The van der Waals surface area contributed by atoms with Crippen LogP contribution in [0.2, 0.25) is 0 Å². The van der Waals surface area contributed by atoms with E-state index in [1.165, 1.54) is 6.07 Å². The third-order valence-electron chi connectivity index (χ3n) is 2.16. The van der Waals surface area contributed by atoms with E-state index in [1.807, 2.05) is 6.07 Å². The number of benzene rings is 1. The molecule has 0 unspecified atom stereocenters. The number of carbonyl (C=O) groups is 1. The lowest BCUT2D eigenvalue weighted by atomic mass is 10.1. The molecule has 0 radical (unpaired) electrons. The number of hydrogen-bond acceptors (Lipinski definition) is 2. The molecule has 0 bridgehead atoms. The van der Waals surface area contributed by atoms with Crippen LogP contribution < -0.4 is 5.43 Å². The summed E-state index contributed by atoms with van der Waals surface area (Å²) in [6.45, 7) is 1.02. The first-order valence-electron chi connectivity index (χ1n) is 4.02. The Morgan fingerprint density at radius 2 is 2.31 bits per heavy atom. The summed E-state index contributed by atoms with van der Waals surface area (Å²) in [6.07, 6.45) is 0.601. The maximum Gasteiger partial charge on any atom is 0.221 e. The van der Waals surface area contributed by atoms with Crippen molar-refractivity contribution >= 4 is 6.41 Å². The molecule has 1 heterocycles. The molecule has 1 aromatic carbocycles. The summed E-state index contributed by atoms with van der Waals surface area (Å²) >= 11 is 0. The molecule has 3 nitrogen and oxygen atoms in total. The van der Waals surface area contributed by atoms with Crippen molar-refractivity contribution in [3.8, 4) is 0 Å². The van der Waals surface area contributed by atoms with Gasteiger partial charge in [-0.05, 0) is 11.6 Å². The number of fused-ring (bicyclic) bond motifs is 1. The third-order valence-corrected chi connectivity index (χ3v) is 2.16. The largest absolute Gasteiger partial charge is 0.291 e. The molecule has 0 aliphatic carbocycles. The zero-order chi connectivity index (χ0) is 9.26. The predicted molar refractivity (Wildman–Crippen MR) is 44.8 cm³/mol. The Morgan fingerprint density at radius 3 is 3.00 bits per heavy atom. The summed E-state index contributed by atoms with van der Waals surface area (Å²) in [5, 5.41) is 1.67. The second kappa shape index (κ2) is 3.14. The highest BCUT2D eigenvalue weighted by atomic mass is 19.1. The Labute approximate surface area is 75.1 Å². The lowest BCUT2D eigenvalue weighted by molar-refractivity contribution is -0.114. The minimum absolute atomic E-state index is 0.201. The fourth-order valence-electron chi connectivity index (χ4n) is 1.55. The third kappa shape index (κ3) is 1.40. The number of carbonyl (C=O) groups excluding carboxylic acids is 1. The predicted octanol–water partition coefficient (Wildman–Crippen LogP) is 0.802. The van der Waals surface area contributed by atoms with Gasteiger partial charge < -0.3 is 0 Å². The number of nitrogens with one attached hydrogen (secondary N) is 1. The highest BCUT2D eigenvalue weighted by Gasteiger charge is 2.20. The Morgan fingerprint density at radius 1 is 1.46 bits per heavy atom. The summed E-state index contributed by atoms with van der Waals surface area (Å²) in [7, 11) is 0.